The summed E-state index contributed by atoms with van der Waals surface area (Å²) < 4.78 is 57.7. The van der Waals surface area contributed by atoms with Gasteiger partial charge in [-0.2, -0.15) is 8.78 Å². The van der Waals surface area contributed by atoms with Crippen LogP contribution in [0.4, 0.5) is 22.0 Å². The van der Waals surface area contributed by atoms with Gasteiger partial charge in [0.1, 0.15) is 6.61 Å². The molecule has 0 aliphatic rings. The van der Waals surface area contributed by atoms with Crippen LogP contribution >= 0.6 is 0 Å². The van der Waals surface area contributed by atoms with E-state index in [1.807, 2.05) is 0 Å². The third-order valence-electron chi connectivity index (χ3n) is 0.409. The lowest BCUT2D eigenvalue weighted by Crippen LogP contribution is -2.27. The molecule has 0 rings (SSSR count). The van der Waals surface area contributed by atoms with Crippen molar-refractivity contribution >= 4 is 0 Å². The Kier molecular flexibility index (Phi) is 2.55. The van der Waals surface area contributed by atoms with E-state index in [0.717, 1.165) is 0 Å². The lowest BCUT2D eigenvalue weighted by atomic mass is 10.7. The summed E-state index contributed by atoms with van der Waals surface area (Å²) in [6.07, 6.45) is -9.57. The molecule has 0 spiro atoms. The minimum atomic E-state index is -5.13. The molecule has 0 aliphatic carbocycles. The van der Waals surface area contributed by atoms with Crippen molar-refractivity contribution in [3.8, 4) is 0 Å². The van der Waals surface area contributed by atoms with E-state index in [9.17, 15) is 22.0 Å². The van der Waals surface area contributed by atoms with Gasteiger partial charge in [-0.15, -0.1) is 13.2 Å². The highest BCUT2D eigenvalue weighted by atomic mass is 19.4. The number of hydrogen-bond acceptors (Lipinski definition) is 2. The van der Waals surface area contributed by atoms with E-state index in [2.05, 4.69) is 4.74 Å². The van der Waals surface area contributed by atoms with Crippen LogP contribution < -0.4 is 0 Å². The van der Waals surface area contributed by atoms with Gasteiger partial charge >= 0.3 is 12.5 Å². The number of hydrogen-bond donors (Lipinski definition) is 1. The maximum Gasteiger partial charge on any atom is 0.522 e. The number of ether oxygens (including phenoxy) is 1. The van der Waals surface area contributed by atoms with Crippen molar-refractivity contribution in [1.82, 2.24) is 0 Å². The molecule has 0 radical (unpaired) electrons. The predicted octanol–water partition coefficient (Wildman–Crippen LogP) is 1.11. The molecule has 62 valence electrons. The zero-order valence-corrected chi connectivity index (χ0v) is 4.45. The largest absolute Gasteiger partial charge is 0.522 e. The van der Waals surface area contributed by atoms with Gasteiger partial charge in [0.25, 0.3) is 0 Å². The van der Waals surface area contributed by atoms with Gasteiger partial charge in [0, 0.05) is 0 Å². The van der Waals surface area contributed by atoms with E-state index >= 15 is 0 Å². The van der Waals surface area contributed by atoms with Gasteiger partial charge in [-0.25, -0.2) is 0 Å². The molecule has 0 aromatic heterocycles. The number of rotatable bonds is 2. The van der Waals surface area contributed by atoms with E-state index in [1.165, 1.54) is 0 Å². The average molecular weight is 166 g/mol. The highest BCUT2D eigenvalue weighted by Gasteiger charge is 2.36. The summed E-state index contributed by atoms with van der Waals surface area (Å²) in [6.45, 7) is -2.07. The summed E-state index contributed by atoms with van der Waals surface area (Å²) in [7, 11) is 0. The van der Waals surface area contributed by atoms with Crippen LogP contribution in [0.25, 0.3) is 0 Å². The first kappa shape index (κ1) is 9.57. The molecule has 2 nitrogen and oxygen atoms in total. The molecule has 0 aliphatic heterocycles. The van der Waals surface area contributed by atoms with E-state index in [0.29, 0.717) is 0 Å². The van der Waals surface area contributed by atoms with Crippen LogP contribution in [0.1, 0.15) is 0 Å². The Morgan fingerprint density at radius 1 is 1.10 bits per heavy atom. The zero-order chi connectivity index (χ0) is 8.41. The van der Waals surface area contributed by atoms with E-state index in [4.69, 9.17) is 5.11 Å². The molecule has 1 N–H and O–H groups in total. The minimum absolute atomic E-state index is 2.07. The van der Waals surface area contributed by atoms with Gasteiger partial charge in [-0.05, 0) is 0 Å². The van der Waals surface area contributed by atoms with E-state index in [1.54, 1.807) is 0 Å². The number of alkyl halides is 5. The molecule has 0 atom stereocenters. The van der Waals surface area contributed by atoms with Crippen molar-refractivity contribution in [3.63, 3.8) is 0 Å². The number of halogens is 5. The normalized spacial score (nSPS) is 13.8. The zero-order valence-electron chi connectivity index (χ0n) is 4.45. The predicted molar refractivity (Wildman–Crippen MR) is 19.2 cm³/mol. The topological polar surface area (TPSA) is 29.5 Å². The van der Waals surface area contributed by atoms with Crippen molar-refractivity contribution < 1.29 is 31.8 Å². The van der Waals surface area contributed by atoms with Crippen molar-refractivity contribution in [1.29, 1.82) is 0 Å². The second-order valence-corrected chi connectivity index (χ2v) is 1.40. The maximum atomic E-state index is 11.2. The summed E-state index contributed by atoms with van der Waals surface area (Å²) in [5.74, 6) is 0. The smallest absolute Gasteiger partial charge is 0.334 e. The first-order valence-electron chi connectivity index (χ1n) is 2.01. The summed E-state index contributed by atoms with van der Waals surface area (Å²) in [6, 6.07) is 0. The molecule has 0 saturated carbocycles. The van der Waals surface area contributed by atoms with Gasteiger partial charge in [0.15, 0.2) is 0 Å². The molecule has 0 bridgehead atoms. The standard InChI is InChI=1S/C3H3F5O2/c4-2(5,9)1-10-3(6,7)8/h9H,1H2. The molecule has 10 heavy (non-hydrogen) atoms. The lowest BCUT2D eigenvalue weighted by Gasteiger charge is -2.10. The van der Waals surface area contributed by atoms with Crippen molar-refractivity contribution in [3.05, 3.63) is 0 Å². The summed E-state index contributed by atoms with van der Waals surface area (Å²) in [4.78, 5) is 0. The first-order chi connectivity index (χ1) is 4.21. The maximum absolute atomic E-state index is 11.2. The van der Waals surface area contributed by atoms with Gasteiger partial charge in [-0.3, -0.25) is 4.74 Å². The summed E-state index contributed by atoms with van der Waals surface area (Å²) in [5, 5.41) is 7.42. The van der Waals surface area contributed by atoms with Crippen molar-refractivity contribution in [2.45, 2.75) is 12.5 Å². The molecule has 0 heterocycles. The van der Waals surface area contributed by atoms with Crippen LogP contribution in [-0.4, -0.2) is 24.2 Å². The third-order valence-corrected chi connectivity index (χ3v) is 0.409. The summed E-state index contributed by atoms with van der Waals surface area (Å²) >= 11 is 0. The first-order valence-corrected chi connectivity index (χ1v) is 2.01. The van der Waals surface area contributed by atoms with Crippen molar-refractivity contribution in [2.75, 3.05) is 6.61 Å². The Labute approximate surface area is 52.2 Å². The van der Waals surface area contributed by atoms with Gasteiger partial charge in [-0.1, -0.05) is 0 Å². The molecule has 0 fully saturated rings. The fraction of sp³-hybridized carbons (Fsp3) is 1.00. The van der Waals surface area contributed by atoms with Crippen LogP contribution in [-0.2, 0) is 4.74 Å². The van der Waals surface area contributed by atoms with Crippen LogP contribution in [0.5, 0.6) is 0 Å². The van der Waals surface area contributed by atoms with Crippen LogP contribution in [0, 0.1) is 0 Å². The Hall–Kier alpha value is -0.430. The fourth-order valence-corrected chi connectivity index (χ4v) is 0.169. The molecule has 7 heteroatoms. The molecule has 0 saturated heterocycles. The Morgan fingerprint density at radius 3 is 1.60 bits per heavy atom. The summed E-state index contributed by atoms with van der Waals surface area (Å²) in [5.41, 5.74) is 0. The number of aliphatic hydroxyl groups is 1. The SMILES string of the molecule is OC(F)(F)COC(F)(F)F. The second-order valence-electron chi connectivity index (χ2n) is 1.40. The fourth-order valence-electron chi connectivity index (χ4n) is 0.169. The van der Waals surface area contributed by atoms with Gasteiger partial charge in [0.05, 0.1) is 0 Å². The monoisotopic (exact) mass is 166 g/mol. The van der Waals surface area contributed by atoms with E-state index in [-0.39, 0.29) is 0 Å². The Morgan fingerprint density at radius 2 is 1.50 bits per heavy atom. The second kappa shape index (κ2) is 2.67. The molecule has 0 unspecified atom stereocenters. The molecular weight excluding hydrogens is 163 g/mol. The van der Waals surface area contributed by atoms with Gasteiger partial charge in [0.2, 0.25) is 0 Å². The highest BCUT2D eigenvalue weighted by Crippen LogP contribution is 2.19. The van der Waals surface area contributed by atoms with Gasteiger partial charge < -0.3 is 5.11 Å². The van der Waals surface area contributed by atoms with Crippen LogP contribution in [0.3, 0.4) is 0 Å². The van der Waals surface area contributed by atoms with Crippen LogP contribution in [0.2, 0.25) is 0 Å². The minimum Gasteiger partial charge on any atom is -0.334 e. The average Bonchev–Trinajstić information content (AvgIpc) is 1.57. The Balaban J connectivity index is 3.56. The molecular formula is C3H3F5O2. The third kappa shape index (κ3) is 7.57. The molecule has 0 aromatic rings. The van der Waals surface area contributed by atoms with E-state index < -0.39 is 19.1 Å². The van der Waals surface area contributed by atoms with Crippen molar-refractivity contribution in [2.24, 2.45) is 0 Å². The quantitative estimate of drug-likeness (QED) is 0.622. The molecule has 0 amide bonds. The molecule has 0 aromatic carbocycles. The van der Waals surface area contributed by atoms with Crippen LogP contribution in [0.15, 0.2) is 0 Å². The lowest BCUT2D eigenvalue weighted by molar-refractivity contribution is -0.362. The highest BCUT2D eigenvalue weighted by molar-refractivity contribution is 4.44. The Bertz CT molecular complexity index is 88.4.